The third-order valence-corrected chi connectivity index (χ3v) is 1.67. The molecule has 1 aromatic heterocycles. The second-order valence-electron chi connectivity index (χ2n) is 3.97. The molecule has 14 heavy (non-hydrogen) atoms. The lowest BCUT2D eigenvalue weighted by Gasteiger charge is -2.11. The summed E-state index contributed by atoms with van der Waals surface area (Å²) in [5.41, 5.74) is 5.25. The zero-order chi connectivity index (χ0) is 10.9. The Bertz CT molecular complexity index is 349. The molecule has 0 aromatic carbocycles. The van der Waals surface area contributed by atoms with Crippen molar-refractivity contribution in [1.29, 1.82) is 0 Å². The number of anilines is 1. The van der Waals surface area contributed by atoms with Gasteiger partial charge >= 0.3 is 5.97 Å². The van der Waals surface area contributed by atoms with Crippen LogP contribution in [-0.4, -0.2) is 18.1 Å². The minimum atomic E-state index is -0.582. The van der Waals surface area contributed by atoms with Crippen LogP contribution in [0.4, 0.5) is 5.88 Å². The number of hydrogen-bond acceptors (Lipinski definition) is 5. The zero-order valence-electron chi connectivity index (χ0n) is 8.75. The van der Waals surface area contributed by atoms with Gasteiger partial charge in [0, 0.05) is 5.41 Å². The maximum absolute atomic E-state index is 11.1. The third kappa shape index (κ3) is 1.86. The normalized spacial score (nSPS) is 11.4. The van der Waals surface area contributed by atoms with E-state index in [4.69, 9.17) is 10.2 Å². The monoisotopic (exact) mass is 198 g/mol. The summed E-state index contributed by atoms with van der Waals surface area (Å²) in [4.78, 5) is 15.1. The number of nitrogen functional groups attached to an aromatic ring is 1. The molecule has 1 heterocycles. The van der Waals surface area contributed by atoms with Gasteiger partial charge in [0.05, 0.1) is 7.11 Å². The number of aromatic nitrogens is 1. The van der Waals surface area contributed by atoms with E-state index in [1.54, 1.807) is 0 Å². The molecule has 1 aromatic rings. The van der Waals surface area contributed by atoms with Gasteiger partial charge in [-0.3, -0.25) is 0 Å². The van der Waals surface area contributed by atoms with Crippen LogP contribution < -0.4 is 5.73 Å². The summed E-state index contributed by atoms with van der Waals surface area (Å²) in [6, 6.07) is 0. The van der Waals surface area contributed by atoms with Crippen molar-refractivity contribution in [2.24, 2.45) is 0 Å². The van der Waals surface area contributed by atoms with Crippen LogP contribution in [0, 0.1) is 0 Å². The van der Waals surface area contributed by atoms with E-state index in [0.29, 0.717) is 5.89 Å². The van der Waals surface area contributed by atoms with Crippen molar-refractivity contribution in [2.45, 2.75) is 26.2 Å². The molecular weight excluding hydrogens is 184 g/mol. The Hall–Kier alpha value is -1.52. The predicted molar refractivity (Wildman–Crippen MR) is 51.0 cm³/mol. The van der Waals surface area contributed by atoms with Gasteiger partial charge in [0.15, 0.2) is 0 Å². The number of nitrogens with zero attached hydrogens (tertiary/aromatic N) is 1. The van der Waals surface area contributed by atoms with Gasteiger partial charge < -0.3 is 14.9 Å². The van der Waals surface area contributed by atoms with Crippen molar-refractivity contribution in [2.75, 3.05) is 12.8 Å². The number of carbonyl (C=O) groups excluding carboxylic acids is 1. The van der Waals surface area contributed by atoms with Gasteiger partial charge in [-0.15, -0.1) is 0 Å². The van der Waals surface area contributed by atoms with E-state index < -0.39 is 5.97 Å². The molecule has 0 bridgehead atoms. The molecule has 0 radical (unpaired) electrons. The smallest absolute Gasteiger partial charge is 0.362 e. The summed E-state index contributed by atoms with van der Waals surface area (Å²) in [6.07, 6.45) is 0. The topological polar surface area (TPSA) is 78.3 Å². The lowest BCUT2D eigenvalue weighted by atomic mass is 9.97. The van der Waals surface area contributed by atoms with E-state index >= 15 is 0 Å². The fraction of sp³-hybridized carbons (Fsp3) is 0.556. The lowest BCUT2D eigenvalue weighted by Crippen LogP contribution is -2.12. The molecule has 0 unspecified atom stereocenters. The highest BCUT2D eigenvalue weighted by molar-refractivity contribution is 5.91. The maximum Gasteiger partial charge on any atom is 0.362 e. The summed E-state index contributed by atoms with van der Waals surface area (Å²) >= 11 is 0. The van der Waals surface area contributed by atoms with E-state index in [9.17, 15) is 4.79 Å². The summed E-state index contributed by atoms with van der Waals surface area (Å²) < 4.78 is 9.67. The van der Waals surface area contributed by atoms with E-state index in [0.717, 1.165) is 0 Å². The molecule has 0 amide bonds. The van der Waals surface area contributed by atoms with Gasteiger partial charge in [0.2, 0.25) is 17.5 Å². The first-order chi connectivity index (χ1) is 6.36. The fourth-order valence-electron chi connectivity index (χ4n) is 0.896. The lowest BCUT2D eigenvalue weighted by molar-refractivity contribution is 0.0595. The van der Waals surface area contributed by atoms with Crippen molar-refractivity contribution in [3.63, 3.8) is 0 Å². The summed E-state index contributed by atoms with van der Waals surface area (Å²) in [7, 11) is 1.27. The van der Waals surface area contributed by atoms with E-state index in [1.165, 1.54) is 7.11 Å². The van der Waals surface area contributed by atoms with Crippen LogP contribution in [0.1, 0.15) is 37.2 Å². The Balaban J connectivity index is 3.12. The van der Waals surface area contributed by atoms with Crippen LogP contribution in [0.15, 0.2) is 4.42 Å². The van der Waals surface area contributed by atoms with Gasteiger partial charge in [-0.1, -0.05) is 20.8 Å². The van der Waals surface area contributed by atoms with Crippen LogP contribution >= 0.6 is 0 Å². The predicted octanol–water partition coefficient (Wildman–Crippen LogP) is 1.34. The molecule has 1 rings (SSSR count). The Morgan fingerprint density at radius 2 is 2.07 bits per heavy atom. The molecule has 5 heteroatoms. The molecule has 0 aliphatic rings. The van der Waals surface area contributed by atoms with Crippen molar-refractivity contribution >= 4 is 11.9 Å². The Morgan fingerprint density at radius 1 is 1.50 bits per heavy atom. The zero-order valence-corrected chi connectivity index (χ0v) is 8.75. The molecule has 0 aliphatic heterocycles. The average Bonchev–Trinajstić information content (AvgIpc) is 2.45. The third-order valence-electron chi connectivity index (χ3n) is 1.67. The van der Waals surface area contributed by atoms with Crippen molar-refractivity contribution in [3.05, 3.63) is 11.6 Å². The van der Waals surface area contributed by atoms with E-state index in [-0.39, 0.29) is 17.0 Å². The number of oxazole rings is 1. The molecular formula is C9H14N2O3. The first-order valence-electron chi connectivity index (χ1n) is 4.21. The molecule has 78 valence electrons. The minimum absolute atomic E-state index is 0.00164. The summed E-state index contributed by atoms with van der Waals surface area (Å²) in [5, 5.41) is 0. The van der Waals surface area contributed by atoms with Gasteiger partial charge in [-0.05, 0) is 0 Å². The molecule has 5 nitrogen and oxygen atoms in total. The SMILES string of the molecule is COC(=O)c1nc(C(C)(C)C)oc1N. The van der Waals surface area contributed by atoms with Gasteiger partial charge in [-0.25, -0.2) is 9.78 Å². The minimum Gasteiger partial charge on any atom is -0.464 e. The Kier molecular flexibility index (Phi) is 2.51. The van der Waals surface area contributed by atoms with Crippen molar-refractivity contribution in [1.82, 2.24) is 4.98 Å². The molecule has 0 aliphatic carbocycles. The average molecular weight is 198 g/mol. The van der Waals surface area contributed by atoms with Crippen LogP contribution in [0.5, 0.6) is 0 Å². The highest BCUT2D eigenvalue weighted by atomic mass is 16.5. The van der Waals surface area contributed by atoms with Gasteiger partial charge in [0.1, 0.15) is 0 Å². The second kappa shape index (κ2) is 3.32. The molecule has 0 fully saturated rings. The van der Waals surface area contributed by atoms with E-state index in [2.05, 4.69) is 9.72 Å². The van der Waals surface area contributed by atoms with Gasteiger partial charge in [-0.2, -0.15) is 0 Å². The quantitative estimate of drug-likeness (QED) is 0.689. The van der Waals surface area contributed by atoms with Crippen LogP contribution in [-0.2, 0) is 10.2 Å². The first-order valence-corrected chi connectivity index (χ1v) is 4.21. The number of carbonyl (C=O) groups is 1. The number of methoxy groups -OCH3 is 1. The molecule has 0 atom stereocenters. The molecule has 0 saturated heterocycles. The Labute approximate surface area is 82.2 Å². The highest BCUT2D eigenvalue weighted by Gasteiger charge is 2.25. The van der Waals surface area contributed by atoms with Crippen LogP contribution in [0.2, 0.25) is 0 Å². The number of ether oxygens (including phenoxy) is 1. The summed E-state index contributed by atoms with van der Waals surface area (Å²) in [5.74, 6) is -0.154. The number of hydrogen-bond donors (Lipinski definition) is 1. The Morgan fingerprint density at radius 3 is 2.43 bits per heavy atom. The summed E-state index contributed by atoms with van der Waals surface area (Å²) in [6.45, 7) is 5.75. The highest BCUT2D eigenvalue weighted by Crippen LogP contribution is 2.25. The number of nitrogens with two attached hydrogens (primary N) is 1. The standard InChI is InChI=1S/C9H14N2O3/c1-9(2,3)8-11-5(6(10)14-8)7(12)13-4/h10H2,1-4H3. The maximum atomic E-state index is 11.1. The number of esters is 1. The molecule has 0 saturated carbocycles. The van der Waals surface area contributed by atoms with Gasteiger partial charge in [0.25, 0.3) is 0 Å². The molecule has 0 spiro atoms. The number of rotatable bonds is 1. The van der Waals surface area contributed by atoms with Crippen LogP contribution in [0.3, 0.4) is 0 Å². The fourth-order valence-corrected chi connectivity index (χ4v) is 0.896. The molecule has 2 N–H and O–H groups in total. The second-order valence-corrected chi connectivity index (χ2v) is 3.97. The van der Waals surface area contributed by atoms with E-state index in [1.807, 2.05) is 20.8 Å². The van der Waals surface area contributed by atoms with Crippen LogP contribution in [0.25, 0.3) is 0 Å². The van der Waals surface area contributed by atoms with Crippen molar-refractivity contribution in [3.8, 4) is 0 Å². The van der Waals surface area contributed by atoms with Crippen molar-refractivity contribution < 1.29 is 13.9 Å². The first kappa shape index (κ1) is 10.6. The largest absolute Gasteiger partial charge is 0.464 e.